The zero-order valence-electron chi connectivity index (χ0n) is 15.0. The number of nitrogens with one attached hydrogen (secondary N) is 1. The monoisotopic (exact) mass is 396 g/mol. The zero-order chi connectivity index (χ0) is 19.9. The van der Waals surface area contributed by atoms with E-state index < -0.39 is 17.7 Å². The molecule has 3 rings (SSSR count). The Labute approximate surface area is 165 Å². The Morgan fingerprint density at radius 2 is 1.86 bits per heavy atom. The average molecular weight is 396 g/mol. The van der Waals surface area contributed by atoms with E-state index >= 15 is 0 Å². The Morgan fingerprint density at radius 3 is 2.57 bits per heavy atom. The van der Waals surface area contributed by atoms with Crippen LogP contribution in [0.5, 0.6) is 0 Å². The van der Waals surface area contributed by atoms with E-state index in [1.807, 2.05) is 30.3 Å². The Morgan fingerprint density at radius 1 is 1.14 bits per heavy atom. The number of hydrogen-bond donors (Lipinski definition) is 1. The Bertz CT molecular complexity index is 1020. The summed E-state index contributed by atoms with van der Waals surface area (Å²) in [5.41, 5.74) is 1.48. The van der Waals surface area contributed by atoms with E-state index in [4.69, 9.17) is 4.74 Å². The Hall–Kier alpha value is -3.32. The molecule has 7 heteroatoms. The second-order valence-electron chi connectivity index (χ2n) is 5.63. The molecule has 28 heavy (non-hydrogen) atoms. The van der Waals surface area contributed by atoms with Crippen molar-refractivity contribution in [1.82, 2.24) is 4.98 Å². The van der Waals surface area contributed by atoms with Gasteiger partial charge in [0.05, 0.1) is 12.3 Å². The number of ether oxygens (including phenoxy) is 1. The molecule has 0 unspecified atom stereocenters. The van der Waals surface area contributed by atoms with Crippen molar-refractivity contribution in [2.75, 3.05) is 11.9 Å². The largest absolute Gasteiger partial charge is 0.462 e. The van der Waals surface area contributed by atoms with Crippen LogP contribution in [0.15, 0.2) is 60.7 Å². The number of halogens is 1. The van der Waals surface area contributed by atoms with Crippen LogP contribution >= 0.6 is 11.3 Å². The lowest BCUT2D eigenvalue weighted by molar-refractivity contribution is -0.111. The van der Waals surface area contributed by atoms with E-state index in [0.717, 1.165) is 16.9 Å². The molecule has 1 N–H and O–H groups in total. The molecule has 2 aromatic carbocycles. The normalized spacial score (nSPS) is 10.8. The number of anilines is 1. The molecule has 0 bridgehead atoms. The van der Waals surface area contributed by atoms with Gasteiger partial charge in [0.25, 0.3) is 0 Å². The van der Waals surface area contributed by atoms with Gasteiger partial charge in [-0.1, -0.05) is 59.9 Å². The third kappa shape index (κ3) is 4.69. The molecular formula is C21H17FN2O3S. The number of rotatable bonds is 6. The highest BCUT2D eigenvalue weighted by Crippen LogP contribution is 2.31. The third-order valence-electron chi connectivity index (χ3n) is 3.68. The van der Waals surface area contributed by atoms with Crippen molar-refractivity contribution in [3.8, 4) is 11.3 Å². The van der Waals surface area contributed by atoms with Gasteiger partial charge in [-0.05, 0) is 19.1 Å². The summed E-state index contributed by atoms with van der Waals surface area (Å²) in [6.07, 6.45) is 2.59. The summed E-state index contributed by atoms with van der Waals surface area (Å²) < 4.78 is 18.7. The van der Waals surface area contributed by atoms with Crippen LogP contribution in [0.2, 0.25) is 0 Å². The number of amides is 1. The van der Waals surface area contributed by atoms with Crippen molar-refractivity contribution in [1.29, 1.82) is 0 Å². The van der Waals surface area contributed by atoms with Gasteiger partial charge in [0.15, 0.2) is 5.13 Å². The predicted molar refractivity (Wildman–Crippen MR) is 108 cm³/mol. The number of carbonyl (C=O) groups is 2. The van der Waals surface area contributed by atoms with E-state index in [1.165, 1.54) is 18.2 Å². The minimum absolute atomic E-state index is 0.234. The van der Waals surface area contributed by atoms with Gasteiger partial charge >= 0.3 is 5.97 Å². The summed E-state index contributed by atoms with van der Waals surface area (Å²) in [6.45, 7) is 1.95. The lowest BCUT2D eigenvalue weighted by Gasteiger charge is -2.01. The summed E-state index contributed by atoms with van der Waals surface area (Å²) >= 11 is 1.03. The molecule has 0 aliphatic carbocycles. The maximum atomic E-state index is 13.6. The lowest BCUT2D eigenvalue weighted by atomic mass is 10.1. The van der Waals surface area contributed by atoms with Gasteiger partial charge in [0.1, 0.15) is 10.7 Å². The molecule has 1 amide bonds. The first-order chi connectivity index (χ1) is 13.6. The van der Waals surface area contributed by atoms with Crippen LogP contribution < -0.4 is 5.32 Å². The number of esters is 1. The molecule has 1 aromatic heterocycles. The number of hydrogen-bond acceptors (Lipinski definition) is 5. The van der Waals surface area contributed by atoms with Crippen molar-refractivity contribution in [2.45, 2.75) is 6.92 Å². The predicted octanol–water partition coefficient (Wildman–Crippen LogP) is 4.78. The van der Waals surface area contributed by atoms with Crippen LogP contribution in [-0.2, 0) is 9.53 Å². The van der Waals surface area contributed by atoms with Gasteiger partial charge in [0.2, 0.25) is 5.91 Å². The van der Waals surface area contributed by atoms with Crippen LogP contribution in [0.4, 0.5) is 9.52 Å². The lowest BCUT2D eigenvalue weighted by Crippen LogP contribution is -2.07. The molecule has 0 aliphatic heterocycles. The van der Waals surface area contributed by atoms with Crippen molar-refractivity contribution in [3.05, 3.63) is 76.9 Å². The van der Waals surface area contributed by atoms with Crippen LogP contribution in [0.25, 0.3) is 17.3 Å². The van der Waals surface area contributed by atoms with Crippen LogP contribution in [0.1, 0.15) is 22.2 Å². The molecule has 5 nitrogen and oxygen atoms in total. The highest BCUT2D eigenvalue weighted by Gasteiger charge is 2.21. The standard InChI is InChI=1S/C21H17FN2O3S/c1-2-27-20(26)19-18(15-9-4-3-5-10-15)24-21(28-19)23-17(25)13-12-14-8-6-7-11-16(14)22/h3-13H,2H2,1H3,(H,23,24,25)/b13-12+. The fourth-order valence-electron chi connectivity index (χ4n) is 2.42. The Kier molecular flexibility index (Phi) is 6.29. The topological polar surface area (TPSA) is 68.3 Å². The van der Waals surface area contributed by atoms with E-state index in [0.29, 0.717) is 16.1 Å². The van der Waals surface area contributed by atoms with E-state index in [9.17, 15) is 14.0 Å². The molecule has 0 aliphatic rings. The Balaban J connectivity index is 1.83. The molecule has 1 heterocycles. The molecule has 0 fully saturated rings. The van der Waals surface area contributed by atoms with Crippen LogP contribution in [0, 0.1) is 5.82 Å². The quantitative estimate of drug-likeness (QED) is 0.481. The SMILES string of the molecule is CCOC(=O)c1sc(NC(=O)/C=C/c2ccccc2F)nc1-c1ccccc1. The minimum atomic E-state index is -0.499. The number of benzene rings is 2. The first-order valence-electron chi connectivity index (χ1n) is 8.55. The van der Waals surface area contributed by atoms with Crippen molar-refractivity contribution in [3.63, 3.8) is 0 Å². The molecule has 0 spiro atoms. The highest BCUT2D eigenvalue weighted by atomic mass is 32.1. The number of carbonyl (C=O) groups excluding carboxylic acids is 2. The maximum absolute atomic E-state index is 13.6. The van der Waals surface area contributed by atoms with Gasteiger partial charge in [0, 0.05) is 17.2 Å². The third-order valence-corrected chi connectivity index (χ3v) is 4.64. The summed E-state index contributed by atoms with van der Waals surface area (Å²) in [5.74, 6) is -1.40. The summed E-state index contributed by atoms with van der Waals surface area (Å²) in [6, 6.07) is 15.3. The molecular weight excluding hydrogens is 379 g/mol. The fraction of sp³-hybridized carbons (Fsp3) is 0.0952. The van der Waals surface area contributed by atoms with Crippen molar-refractivity contribution in [2.24, 2.45) is 0 Å². The zero-order valence-corrected chi connectivity index (χ0v) is 15.8. The molecule has 0 atom stereocenters. The summed E-state index contributed by atoms with van der Waals surface area (Å²) in [4.78, 5) is 29.1. The van der Waals surface area contributed by atoms with Crippen LogP contribution in [-0.4, -0.2) is 23.5 Å². The molecule has 0 radical (unpaired) electrons. The van der Waals surface area contributed by atoms with Crippen molar-refractivity contribution < 1.29 is 18.7 Å². The van der Waals surface area contributed by atoms with Gasteiger partial charge in [-0.2, -0.15) is 0 Å². The number of thiazole rings is 1. The average Bonchev–Trinajstić information content (AvgIpc) is 3.12. The smallest absolute Gasteiger partial charge is 0.350 e. The number of aromatic nitrogens is 1. The molecule has 142 valence electrons. The number of nitrogens with zero attached hydrogens (tertiary/aromatic N) is 1. The minimum Gasteiger partial charge on any atom is -0.462 e. The van der Waals surface area contributed by atoms with Gasteiger partial charge in [-0.15, -0.1) is 0 Å². The first-order valence-corrected chi connectivity index (χ1v) is 9.37. The van der Waals surface area contributed by atoms with Gasteiger partial charge < -0.3 is 4.74 Å². The van der Waals surface area contributed by atoms with Crippen molar-refractivity contribution >= 4 is 34.4 Å². The maximum Gasteiger partial charge on any atom is 0.350 e. The summed E-state index contributed by atoms with van der Waals surface area (Å²) in [7, 11) is 0. The van der Waals surface area contributed by atoms with Gasteiger partial charge in [-0.3, -0.25) is 10.1 Å². The van der Waals surface area contributed by atoms with Crippen LogP contribution in [0.3, 0.4) is 0 Å². The second kappa shape index (κ2) is 9.05. The molecule has 3 aromatic rings. The fourth-order valence-corrected chi connectivity index (χ4v) is 3.31. The highest BCUT2D eigenvalue weighted by molar-refractivity contribution is 7.18. The summed E-state index contributed by atoms with van der Waals surface area (Å²) in [5, 5.41) is 2.87. The van der Waals surface area contributed by atoms with E-state index in [1.54, 1.807) is 25.1 Å². The molecule has 0 saturated carbocycles. The second-order valence-corrected chi connectivity index (χ2v) is 6.63. The first kappa shape index (κ1) is 19.4. The van der Waals surface area contributed by atoms with E-state index in [-0.39, 0.29) is 11.7 Å². The van der Waals surface area contributed by atoms with E-state index in [2.05, 4.69) is 10.3 Å². The molecule has 0 saturated heterocycles. The van der Waals surface area contributed by atoms with Gasteiger partial charge in [-0.25, -0.2) is 14.2 Å².